The second-order valence-corrected chi connectivity index (χ2v) is 13.4. The lowest BCUT2D eigenvalue weighted by Crippen LogP contribution is -2.48. The van der Waals surface area contributed by atoms with Gasteiger partial charge in [-0.3, -0.25) is 9.52 Å². The Kier molecular flexibility index (Phi) is 9.54. The molecule has 12 nitrogen and oxygen atoms in total. The Labute approximate surface area is 268 Å². The largest absolute Gasteiger partial charge is 0.488 e. The lowest BCUT2D eigenvalue weighted by Gasteiger charge is -2.34. The third-order valence-corrected chi connectivity index (χ3v) is 9.86. The molecule has 5 rings (SSSR count). The summed E-state index contributed by atoms with van der Waals surface area (Å²) in [5.41, 5.74) is 1.60. The van der Waals surface area contributed by atoms with E-state index < -0.39 is 22.2 Å². The average Bonchev–Trinajstić information content (AvgIpc) is 3.39. The molecule has 4 aromatic rings. The van der Waals surface area contributed by atoms with Gasteiger partial charge in [-0.15, -0.1) is 0 Å². The Morgan fingerprint density at radius 2 is 1.89 bits per heavy atom. The van der Waals surface area contributed by atoms with E-state index in [0.29, 0.717) is 17.0 Å². The molecule has 13 heteroatoms. The first-order valence-electron chi connectivity index (χ1n) is 15.0. The van der Waals surface area contributed by atoms with Crippen molar-refractivity contribution in [1.82, 2.24) is 15.0 Å². The van der Waals surface area contributed by atoms with Gasteiger partial charge < -0.3 is 29.5 Å². The number of anilines is 2. The average molecular weight is 650 g/mol. The van der Waals surface area contributed by atoms with Gasteiger partial charge in [0.25, 0.3) is 10.0 Å². The highest BCUT2D eigenvalue weighted by atomic mass is 32.2. The zero-order chi connectivity index (χ0) is 33.2. The van der Waals surface area contributed by atoms with Crippen LogP contribution in [0.2, 0.25) is 0 Å². The second kappa shape index (κ2) is 13.4. The maximum absolute atomic E-state index is 13.6. The second-order valence-electron chi connectivity index (χ2n) is 11.8. The number of fused-ring (bicyclic) bond motifs is 2. The lowest BCUT2D eigenvalue weighted by molar-refractivity contribution is -0.134. The van der Waals surface area contributed by atoms with Crippen molar-refractivity contribution in [2.45, 2.75) is 51.2 Å². The van der Waals surface area contributed by atoms with Gasteiger partial charge >= 0.3 is 6.03 Å². The topological polar surface area (TPSA) is 154 Å². The quantitative estimate of drug-likeness (QED) is 0.251. The number of likely N-dealkylation sites (N-methyl/N-ethyl adjacent to an activating group) is 1. The van der Waals surface area contributed by atoms with Crippen LogP contribution < -0.4 is 14.8 Å². The number of hydrogen-bond donors (Lipinski definition) is 3. The van der Waals surface area contributed by atoms with Gasteiger partial charge in [0.1, 0.15) is 17.5 Å². The maximum atomic E-state index is 13.6. The molecule has 0 saturated carbocycles. The highest BCUT2D eigenvalue weighted by molar-refractivity contribution is 7.92. The molecule has 1 aliphatic heterocycles. The zero-order valence-corrected chi connectivity index (χ0v) is 27.3. The van der Waals surface area contributed by atoms with Crippen LogP contribution in [-0.2, 0) is 21.2 Å². The molecule has 1 aliphatic rings. The minimum absolute atomic E-state index is 0.0509. The van der Waals surface area contributed by atoms with Gasteiger partial charge in [0.15, 0.2) is 10.7 Å². The zero-order valence-electron chi connectivity index (χ0n) is 26.5. The molecule has 46 heavy (non-hydrogen) atoms. The van der Waals surface area contributed by atoms with E-state index >= 15 is 0 Å². The molecule has 0 fully saturated rings. The van der Waals surface area contributed by atoms with E-state index in [2.05, 4.69) is 15.2 Å². The Hall–Kier alpha value is -4.62. The van der Waals surface area contributed by atoms with E-state index in [1.165, 1.54) is 11.8 Å². The molecule has 0 unspecified atom stereocenters. The van der Waals surface area contributed by atoms with Crippen molar-refractivity contribution in [3.8, 4) is 5.75 Å². The van der Waals surface area contributed by atoms with E-state index in [9.17, 15) is 23.1 Å². The number of rotatable bonds is 8. The molecule has 0 bridgehead atoms. The summed E-state index contributed by atoms with van der Waals surface area (Å²) in [7, 11) is -2.36. The lowest BCUT2D eigenvalue weighted by atomic mass is 10.0. The summed E-state index contributed by atoms with van der Waals surface area (Å²) in [6.07, 6.45) is -0.636. The number of aromatic nitrogens is 1. The molecule has 3 amide bonds. The third kappa shape index (κ3) is 6.95. The molecule has 0 aliphatic carbocycles. The van der Waals surface area contributed by atoms with Crippen LogP contribution in [0.1, 0.15) is 30.9 Å². The smallest absolute Gasteiger partial charge is 0.321 e. The van der Waals surface area contributed by atoms with Crippen molar-refractivity contribution >= 4 is 44.1 Å². The van der Waals surface area contributed by atoms with Crippen LogP contribution in [0.4, 0.5) is 16.2 Å². The highest BCUT2D eigenvalue weighted by Gasteiger charge is 2.32. The summed E-state index contributed by atoms with van der Waals surface area (Å²) in [6, 6.07) is 17.4. The van der Waals surface area contributed by atoms with Crippen molar-refractivity contribution in [3.05, 3.63) is 77.7 Å². The Bertz CT molecular complexity index is 1830. The van der Waals surface area contributed by atoms with Crippen LogP contribution in [0.25, 0.3) is 10.8 Å². The molecule has 0 spiro atoms. The molecule has 0 saturated heterocycles. The number of carbonyl (C=O) groups excluding carboxylic acids is 2. The summed E-state index contributed by atoms with van der Waals surface area (Å²) in [6.45, 7) is 6.99. The van der Waals surface area contributed by atoms with Crippen molar-refractivity contribution in [2.24, 2.45) is 5.92 Å². The standard InChI is InChI=1S/C33H39N5O7S/c1-20-17-38(21(2)19-39)31(40)16-25-15-26(36-46(42,43)32-22(3)35-45-23(32)4)13-14-29(25)44-30(20)18-37(5)33(41)34-28-12-8-10-24-9-6-7-11-27(24)28/h6-15,20-21,30,36,39H,16-19H2,1-5H3,(H,34,41)/t20-,21-,30+/m1/s1. The van der Waals surface area contributed by atoms with Crippen LogP contribution in [0, 0.1) is 19.8 Å². The van der Waals surface area contributed by atoms with Gasteiger partial charge in [0.2, 0.25) is 5.91 Å². The van der Waals surface area contributed by atoms with Gasteiger partial charge in [-0.25, -0.2) is 13.2 Å². The van der Waals surface area contributed by atoms with Crippen molar-refractivity contribution in [3.63, 3.8) is 0 Å². The van der Waals surface area contributed by atoms with Crippen LogP contribution >= 0.6 is 0 Å². The number of sulfonamides is 1. The first kappa shape index (κ1) is 32.8. The van der Waals surface area contributed by atoms with Crippen molar-refractivity contribution in [2.75, 3.05) is 36.8 Å². The number of aryl methyl sites for hydroxylation is 2. The fourth-order valence-electron chi connectivity index (χ4n) is 5.67. The number of amides is 3. The number of carbonyl (C=O) groups is 2. The van der Waals surface area contributed by atoms with E-state index in [4.69, 9.17) is 9.26 Å². The van der Waals surface area contributed by atoms with Crippen molar-refractivity contribution < 1.29 is 32.4 Å². The predicted octanol–water partition coefficient (Wildman–Crippen LogP) is 4.56. The Balaban J connectivity index is 1.42. The van der Waals surface area contributed by atoms with E-state index in [1.807, 2.05) is 49.4 Å². The SMILES string of the molecule is Cc1noc(C)c1S(=O)(=O)Nc1ccc2c(c1)CC(=O)N([C@H](C)CO)C[C@@H](C)[C@H](CN(C)C(=O)Nc1cccc3ccccc13)O2. The number of benzene rings is 3. The number of aliphatic hydroxyl groups is 1. The van der Waals surface area contributed by atoms with Crippen LogP contribution in [0.5, 0.6) is 5.75 Å². The molecule has 3 atom stereocenters. The summed E-state index contributed by atoms with van der Waals surface area (Å²) >= 11 is 0. The molecule has 0 radical (unpaired) electrons. The fourth-order valence-corrected chi connectivity index (χ4v) is 7.05. The summed E-state index contributed by atoms with van der Waals surface area (Å²) < 4.78 is 40.5. The maximum Gasteiger partial charge on any atom is 0.321 e. The predicted molar refractivity (Wildman–Crippen MR) is 174 cm³/mol. The Morgan fingerprint density at radius 1 is 1.15 bits per heavy atom. The van der Waals surface area contributed by atoms with Crippen LogP contribution in [0.15, 0.2) is 70.1 Å². The third-order valence-electron chi connectivity index (χ3n) is 8.24. The van der Waals surface area contributed by atoms with E-state index in [-0.39, 0.29) is 66.0 Å². The number of ether oxygens (including phenoxy) is 1. The molecular formula is C33H39N5O7S. The van der Waals surface area contributed by atoms with Gasteiger partial charge in [0, 0.05) is 36.1 Å². The number of aliphatic hydroxyl groups excluding tert-OH is 1. The van der Waals surface area contributed by atoms with Gasteiger partial charge in [-0.1, -0.05) is 48.5 Å². The molecule has 3 N–H and O–H groups in total. The molecule has 1 aromatic heterocycles. The first-order valence-corrected chi connectivity index (χ1v) is 16.5. The monoisotopic (exact) mass is 649 g/mol. The molecule has 2 heterocycles. The fraction of sp³-hybridized carbons (Fsp3) is 0.364. The number of nitrogens with zero attached hydrogens (tertiary/aromatic N) is 3. The Morgan fingerprint density at radius 3 is 2.61 bits per heavy atom. The van der Waals surface area contributed by atoms with E-state index in [1.54, 1.807) is 44.0 Å². The normalized spacial score (nSPS) is 17.7. The van der Waals surface area contributed by atoms with Crippen molar-refractivity contribution in [1.29, 1.82) is 0 Å². The van der Waals surface area contributed by atoms with Gasteiger partial charge in [-0.2, -0.15) is 0 Å². The first-order chi connectivity index (χ1) is 21.9. The molecular weight excluding hydrogens is 610 g/mol. The van der Waals surface area contributed by atoms with Crippen LogP contribution in [-0.4, -0.2) is 79.3 Å². The number of nitrogens with one attached hydrogen (secondary N) is 2. The van der Waals surface area contributed by atoms with Gasteiger partial charge in [0.05, 0.1) is 31.3 Å². The summed E-state index contributed by atoms with van der Waals surface area (Å²) in [5, 5.41) is 18.6. The molecule has 244 valence electrons. The van der Waals surface area contributed by atoms with E-state index in [0.717, 1.165) is 10.8 Å². The van der Waals surface area contributed by atoms with Gasteiger partial charge in [-0.05, 0) is 50.4 Å². The summed E-state index contributed by atoms with van der Waals surface area (Å²) in [5.74, 6) is 0.0678. The number of hydrogen-bond acceptors (Lipinski definition) is 8. The summed E-state index contributed by atoms with van der Waals surface area (Å²) in [4.78, 5) is 30.0. The van der Waals surface area contributed by atoms with Crippen LogP contribution in [0.3, 0.4) is 0 Å². The molecule has 3 aromatic carbocycles. The number of urea groups is 1. The minimum Gasteiger partial charge on any atom is -0.488 e. The minimum atomic E-state index is -4.03. The highest BCUT2D eigenvalue weighted by Crippen LogP contribution is 2.31.